The highest BCUT2D eigenvalue weighted by Crippen LogP contribution is 2.50. The molecule has 220 valence electrons. The summed E-state index contributed by atoms with van der Waals surface area (Å²) < 4.78 is 78.7. The molecular weight excluding hydrogens is 562 g/mol. The van der Waals surface area contributed by atoms with Gasteiger partial charge in [-0.15, -0.1) is 0 Å². The molecule has 6 rings (SSSR count). The monoisotopic (exact) mass is 593 g/mol. The minimum atomic E-state index is -4.69. The number of hydrogen-bond acceptors (Lipinski definition) is 5. The first-order valence-corrected chi connectivity index (χ1v) is 15.8. The van der Waals surface area contributed by atoms with E-state index in [0.29, 0.717) is 31.0 Å². The van der Waals surface area contributed by atoms with E-state index in [4.69, 9.17) is 0 Å². The average Bonchev–Trinajstić information content (AvgIpc) is 3.81. The summed E-state index contributed by atoms with van der Waals surface area (Å²) in [4.78, 5) is 29.2. The fourth-order valence-electron chi connectivity index (χ4n) is 6.04. The highest BCUT2D eigenvalue weighted by atomic mass is 32.2. The number of amides is 2. The summed E-state index contributed by atoms with van der Waals surface area (Å²) >= 11 is 0. The van der Waals surface area contributed by atoms with Gasteiger partial charge in [-0.25, -0.2) is 12.8 Å². The zero-order chi connectivity index (χ0) is 29.3. The van der Waals surface area contributed by atoms with E-state index in [2.05, 4.69) is 10.6 Å². The number of likely N-dealkylation sites (tertiary alicyclic amines) is 1. The van der Waals surface area contributed by atoms with Crippen molar-refractivity contribution in [3.8, 4) is 0 Å². The van der Waals surface area contributed by atoms with Gasteiger partial charge in [0.25, 0.3) is 5.91 Å². The largest absolute Gasteiger partial charge is 0.416 e. The molecule has 4 atom stereocenters. The predicted octanol–water partition coefficient (Wildman–Crippen LogP) is 5.08. The molecular formula is C29H31F4N3O4S. The van der Waals surface area contributed by atoms with Gasteiger partial charge in [0.1, 0.15) is 11.9 Å². The normalized spacial score (nSPS) is 24.8. The second-order valence-corrected chi connectivity index (χ2v) is 13.9. The number of rotatable bonds is 8. The van der Waals surface area contributed by atoms with Crippen LogP contribution in [0.15, 0.2) is 41.3 Å². The first kappa shape index (κ1) is 28.0. The standard InChI is InChI=1S/C29H31F4N3O4S/c1-41(39,40)19-8-10-23(34-18-3-2-4-18)21(14-19)28(38)36-24-11-16(24)12-25(36)27(37)35-26(15-5-6-15)20-9-7-17(13-22(20)30)29(31,32)33/h7-10,13-16,18,24-26,34H,2-6,11-12H2,1H3,(H,35,37)/t16-,24-,25-,26-/m1/s1. The molecule has 0 bridgehead atoms. The molecule has 0 spiro atoms. The lowest BCUT2D eigenvalue weighted by molar-refractivity contribution is -0.137. The Kier molecular flexibility index (Phi) is 6.82. The van der Waals surface area contributed by atoms with Crippen LogP contribution in [-0.2, 0) is 20.8 Å². The number of anilines is 1. The smallest absolute Gasteiger partial charge is 0.382 e. The lowest BCUT2D eigenvalue weighted by Crippen LogP contribution is -2.49. The Morgan fingerprint density at radius 1 is 1.02 bits per heavy atom. The Morgan fingerprint density at radius 3 is 2.34 bits per heavy atom. The molecule has 1 heterocycles. The molecule has 0 aromatic heterocycles. The van der Waals surface area contributed by atoms with Gasteiger partial charge < -0.3 is 15.5 Å². The SMILES string of the molecule is CS(=O)(=O)c1ccc(NC2CCC2)c(C(=O)N2[C@@H](C(=O)N[C@@H](c3ccc(C(F)(F)F)cc3F)C3CC3)C[C@H]3C[C@H]32)c1. The number of alkyl halides is 3. The van der Waals surface area contributed by atoms with Crippen LogP contribution in [0.2, 0.25) is 0 Å². The summed E-state index contributed by atoms with van der Waals surface area (Å²) in [7, 11) is -3.60. The number of fused-ring (bicyclic) bond motifs is 1. The maximum Gasteiger partial charge on any atom is 0.416 e. The van der Waals surface area contributed by atoms with Crippen molar-refractivity contribution in [2.24, 2.45) is 11.8 Å². The summed E-state index contributed by atoms with van der Waals surface area (Å²) in [6.45, 7) is 0. The molecule has 0 radical (unpaired) electrons. The van der Waals surface area contributed by atoms with Crippen LogP contribution in [0.25, 0.3) is 0 Å². The van der Waals surface area contributed by atoms with Crippen molar-refractivity contribution in [2.75, 3.05) is 11.6 Å². The minimum Gasteiger partial charge on any atom is -0.382 e. The Balaban J connectivity index is 1.27. The van der Waals surface area contributed by atoms with Gasteiger partial charge in [-0.2, -0.15) is 13.2 Å². The summed E-state index contributed by atoms with van der Waals surface area (Å²) in [5.41, 5.74) is -0.423. The molecule has 3 saturated carbocycles. The predicted molar refractivity (Wildman–Crippen MR) is 142 cm³/mol. The Hall–Kier alpha value is -3.15. The number of carbonyl (C=O) groups excluding carboxylic acids is 2. The lowest BCUT2D eigenvalue weighted by Gasteiger charge is -2.32. The lowest BCUT2D eigenvalue weighted by atomic mass is 9.92. The Morgan fingerprint density at radius 2 is 1.76 bits per heavy atom. The molecule has 3 aliphatic carbocycles. The van der Waals surface area contributed by atoms with Crippen molar-refractivity contribution in [1.82, 2.24) is 10.2 Å². The fourth-order valence-corrected chi connectivity index (χ4v) is 6.68. The van der Waals surface area contributed by atoms with Crippen molar-refractivity contribution >= 4 is 27.3 Å². The molecule has 2 amide bonds. The molecule has 0 unspecified atom stereocenters. The summed E-state index contributed by atoms with van der Waals surface area (Å²) in [5, 5.41) is 6.18. The van der Waals surface area contributed by atoms with Crippen LogP contribution in [0, 0.1) is 17.7 Å². The zero-order valence-electron chi connectivity index (χ0n) is 22.4. The third-order valence-corrected chi connectivity index (χ3v) is 9.92. The number of nitrogens with zero attached hydrogens (tertiary/aromatic N) is 1. The van der Waals surface area contributed by atoms with Crippen molar-refractivity contribution < 1.29 is 35.6 Å². The number of carbonyl (C=O) groups is 2. The molecule has 4 aliphatic rings. The first-order chi connectivity index (χ1) is 19.3. The van der Waals surface area contributed by atoms with E-state index >= 15 is 0 Å². The molecule has 7 nitrogen and oxygen atoms in total. The van der Waals surface area contributed by atoms with Crippen molar-refractivity contribution in [3.63, 3.8) is 0 Å². The van der Waals surface area contributed by atoms with E-state index in [1.165, 1.54) is 17.0 Å². The fraction of sp³-hybridized carbons (Fsp3) is 0.517. The highest BCUT2D eigenvalue weighted by molar-refractivity contribution is 7.90. The maximum atomic E-state index is 14.9. The van der Waals surface area contributed by atoms with Crippen LogP contribution < -0.4 is 10.6 Å². The van der Waals surface area contributed by atoms with Crippen LogP contribution in [0.3, 0.4) is 0 Å². The van der Waals surface area contributed by atoms with Gasteiger partial charge in [-0.1, -0.05) is 6.07 Å². The van der Waals surface area contributed by atoms with Crippen molar-refractivity contribution in [2.45, 2.75) is 80.2 Å². The Bertz CT molecular complexity index is 1500. The van der Waals surface area contributed by atoms with E-state index in [1.807, 2.05) is 0 Å². The van der Waals surface area contributed by atoms with Crippen LogP contribution in [0.5, 0.6) is 0 Å². The van der Waals surface area contributed by atoms with Gasteiger partial charge in [-0.3, -0.25) is 9.59 Å². The van der Waals surface area contributed by atoms with Gasteiger partial charge >= 0.3 is 6.18 Å². The van der Waals surface area contributed by atoms with E-state index in [-0.39, 0.29) is 39.9 Å². The van der Waals surface area contributed by atoms with E-state index in [9.17, 15) is 35.6 Å². The van der Waals surface area contributed by atoms with Gasteiger partial charge in [-0.05, 0) is 87.1 Å². The topological polar surface area (TPSA) is 95.6 Å². The third-order valence-electron chi connectivity index (χ3n) is 8.81. The second kappa shape index (κ2) is 9.99. The van der Waals surface area contributed by atoms with Gasteiger partial charge in [0.2, 0.25) is 5.91 Å². The van der Waals surface area contributed by atoms with Crippen molar-refractivity contribution in [1.29, 1.82) is 0 Å². The maximum absolute atomic E-state index is 14.9. The van der Waals surface area contributed by atoms with Crippen molar-refractivity contribution in [3.05, 3.63) is 58.9 Å². The molecule has 12 heteroatoms. The number of benzene rings is 2. The number of hydrogen-bond donors (Lipinski definition) is 2. The van der Waals surface area contributed by atoms with Crippen LogP contribution in [0.4, 0.5) is 23.2 Å². The zero-order valence-corrected chi connectivity index (χ0v) is 23.2. The van der Waals surface area contributed by atoms with Crippen LogP contribution in [0.1, 0.15) is 72.5 Å². The molecule has 4 fully saturated rings. The van der Waals surface area contributed by atoms with E-state index < -0.39 is 51.3 Å². The number of halogens is 4. The molecule has 1 aliphatic heterocycles. The van der Waals surface area contributed by atoms with Gasteiger partial charge in [0.15, 0.2) is 9.84 Å². The third kappa shape index (κ3) is 5.54. The number of piperidine rings is 1. The molecule has 2 aromatic rings. The summed E-state index contributed by atoms with van der Waals surface area (Å²) in [6.07, 6.45) is 1.83. The molecule has 41 heavy (non-hydrogen) atoms. The highest BCUT2D eigenvalue weighted by Gasteiger charge is 2.57. The average molecular weight is 594 g/mol. The quantitative estimate of drug-likeness (QED) is 0.416. The van der Waals surface area contributed by atoms with Crippen LogP contribution in [-0.4, -0.2) is 49.5 Å². The van der Waals surface area contributed by atoms with E-state index in [0.717, 1.165) is 44.1 Å². The summed E-state index contributed by atoms with van der Waals surface area (Å²) in [6, 6.07) is 5.07. The number of sulfone groups is 1. The molecule has 2 aromatic carbocycles. The molecule has 1 saturated heterocycles. The summed E-state index contributed by atoms with van der Waals surface area (Å²) in [5.74, 6) is -1.97. The van der Waals surface area contributed by atoms with E-state index in [1.54, 1.807) is 6.07 Å². The minimum absolute atomic E-state index is 0.000804. The second-order valence-electron chi connectivity index (χ2n) is 11.8. The van der Waals surface area contributed by atoms with Gasteiger partial charge in [0.05, 0.1) is 22.1 Å². The van der Waals surface area contributed by atoms with Crippen LogP contribution >= 0.6 is 0 Å². The Labute approximate surface area is 235 Å². The van der Waals surface area contributed by atoms with Gasteiger partial charge in [0, 0.05) is 29.6 Å². The molecule has 2 N–H and O–H groups in total. The first-order valence-electron chi connectivity index (χ1n) is 13.9. The number of nitrogens with one attached hydrogen (secondary N) is 2.